The van der Waals surface area contributed by atoms with Gasteiger partial charge >= 0.3 is 11.9 Å². The minimum atomic E-state index is -1.19. The Morgan fingerprint density at radius 1 is 0.872 bits per heavy atom. The van der Waals surface area contributed by atoms with Gasteiger partial charge in [-0.3, -0.25) is 9.63 Å². The number of rotatable bonds is 9. The first-order chi connectivity index (χ1) is 18.7. The molecule has 0 saturated carbocycles. The first-order valence-corrected chi connectivity index (χ1v) is 13.3. The van der Waals surface area contributed by atoms with Gasteiger partial charge in [0.1, 0.15) is 17.7 Å². The average Bonchev–Trinajstić information content (AvgIpc) is 3.34. The predicted molar refractivity (Wildman–Crippen MR) is 150 cm³/mol. The second-order valence-corrected chi connectivity index (χ2v) is 10.1. The standard InChI is InChI=1S/C32H37NO6/c1-7-37-30(34)27-28(33(24-17-14-21(3)15-18-24)39-29(27)31(35)38-8-2)25-20-23(16-19-26(25)36-6)32(4,5)22-12-10-9-11-13-22/h9-20,27-29H,7-8H2,1-6H3/t27-,28-,29+/m0/s1. The zero-order valence-corrected chi connectivity index (χ0v) is 23.5. The van der Waals surface area contributed by atoms with Crippen LogP contribution in [0.2, 0.25) is 0 Å². The van der Waals surface area contributed by atoms with Crippen LogP contribution in [0.4, 0.5) is 5.69 Å². The molecule has 3 atom stereocenters. The molecule has 39 heavy (non-hydrogen) atoms. The molecule has 7 nitrogen and oxygen atoms in total. The van der Waals surface area contributed by atoms with Gasteiger partial charge in [0.25, 0.3) is 0 Å². The van der Waals surface area contributed by atoms with E-state index in [1.165, 1.54) is 0 Å². The zero-order valence-electron chi connectivity index (χ0n) is 23.5. The summed E-state index contributed by atoms with van der Waals surface area (Å²) in [5.41, 5.74) is 4.30. The Hall–Kier alpha value is -3.84. The Bertz CT molecular complexity index is 1290. The van der Waals surface area contributed by atoms with Crippen LogP contribution in [0.3, 0.4) is 0 Å². The molecule has 0 aliphatic carbocycles. The number of carbonyl (C=O) groups is 2. The van der Waals surface area contributed by atoms with E-state index in [2.05, 4.69) is 26.0 Å². The maximum Gasteiger partial charge on any atom is 0.339 e. The van der Waals surface area contributed by atoms with E-state index in [0.29, 0.717) is 17.0 Å². The molecule has 0 amide bonds. The fourth-order valence-electron chi connectivity index (χ4n) is 5.08. The Labute approximate surface area is 230 Å². The highest BCUT2D eigenvalue weighted by molar-refractivity contribution is 5.86. The van der Waals surface area contributed by atoms with Gasteiger partial charge in [-0.2, -0.15) is 0 Å². The Balaban J connectivity index is 1.92. The minimum absolute atomic E-state index is 0.160. The van der Waals surface area contributed by atoms with E-state index >= 15 is 0 Å². The molecule has 7 heteroatoms. The van der Waals surface area contributed by atoms with E-state index in [0.717, 1.165) is 16.7 Å². The number of methoxy groups -OCH3 is 1. The van der Waals surface area contributed by atoms with Crippen LogP contribution >= 0.6 is 0 Å². The van der Waals surface area contributed by atoms with E-state index in [4.69, 9.17) is 19.0 Å². The smallest absolute Gasteiger partial charge is 0.339 e. The third kappa shape index (κ3) is 5.64. The lowest BCUT2D eigenvalue weighted by Crippen LogP contribution is -2.36. The summed E-state index contributed by atoms with van der Waals surface area (Å²) in [7, 11) is 1.59. The SMILES string of the molecule is CCOC(=O)[C@@H]1[C@H](C(=O)OCC)ON(c2ccc(C)cc2)[C@H]1c1cc(C(C)(C)c2ccccc2)ccc1OC. The van der Waals surface area contributed by atoms with Crippen LogP contribution in [0.25, 0.3) is 0 Å². The van der Waals surface area contributed by atoms with Gasteiger partial charge in [-0.05, 0) is 56.2 Å². The van der Waals surface area contributed by atoms with Gasteiger partial charge in [0.05, 0.1) is 26.0 Å². The molecule has 0 radical (unpaired) electrons. The summed E-state index contributed by atoms with van der Waals surface area (Å²) in [4.78, 5) is 32.9. The lowest BCUT2D eigenvalue weighted by atomic mass is 9.76. The van der Waals surface area contributed by atoms with Gasteiger partial charge in [-0.25, -0.2) is 9.86 Å². The molecular weight excluding hydrogens is 494 g/mol. The number of carbonyl (C=O) groups excluding carboxylic acids is 2. The molecule has 0 N–H and O–H groups in total. The lowest BCUT2D eigenvalue weighted by Gasteiger charge is -2.31. The second-order valence-electron chi connectivity index (χ2n) is 10.1. The summed E-state index contributed by atoms with van der Waals surface area (Å²) in [5, 5.41) is 1.62. The number of ether oxygens (including phenoxy) is 3. The van der Waals surface area contributed by atoms with Gasteiger partial charge in [-0.15, -0.1) is 0 Å². The van der Waals surface area contributed by atoms with Crippen LogP contribution in [-0.2, 0) is 29.3 Å². The molecule has 0 bridgehead atoms. The first-order valence-electron chi connectivity index (χ1n) is 13.3. The zero-order chi connectivity index (χ0) is 28.2. The van der Waals surface area contributed by atoms with Gasteiger partial charge < -0.3 is 14.2 Å². The molecule has 4 rings (SSSR count). The molecule has 1 heterocycles. The van der Waals surface area contributed by atoms with Crippen molar-refractivity contribution in [3.8, 4) is 5.75 Å². The highest BCUT2D eigenvalue weighted by Gasteiger charge is 2.54. The van der Waals surface area contributed by atoms with E-state index < -0.39 is 30.0 Å². The molecule has 0 aromatic heterocycles. The molecule has 1 aliphatic rings. The van der Waals surface area contributed by atoms with Crippen molar-refractivity contribution in [2.75, 3.05) is 25.4 Å². The molecule has 0 spiro atoms. The summed E-state index contributed by atoms with van der Waals surface area (Å²) >= 11 is 0. The van der Waals surface area contributed by atoms with Crippen LogP contribution in [0.5, 0.6) is 5.75 Å². The summed E-state index contributed by atoms with van der Waals surface area (Å²) < 4.78 is 16.6. The van der Waals surface area contributed by atoms with E-state index in [9.17, 15) is 9.59 Å². The van der Waals surface area contributed by atoms with Gasteiger partial charge in [-0.1, -0.05) is 67.9 Å². The quantitative estimate of drug-likeness (QED) is 0.317. The maximum atomic E-state index is 13.5. The van der Waals surface area contributed by atoms with Gasteiger partial charge in [0, 0.05) is 11.0 Å². The van der Waals surface area contributed by atoms with Crippen molar-refractivity contribution in [1.82, 2.24) is 0 Å². The minimum Gasteiger partial charge on any atom is -0.496 e. The number of hydrogen-bond acceptors (Lipinski definition) is 7. The fourth-order valence-corrected chi connectivity index (χ4v) is 5.08. The van der Waals surface area contributed by atoms with Crippen LogP contribution in [-0.4, -0.2) is 38.4 Å². The second kappa shape index (κ2) is 11.9. The van der Waals surface area contributed by atoms with E-state index in [1.807, 2.05) is 67.6 Å². The van der Waals surface area contributed by atoms with Crippen LogP contribution in [0.15, 0.2) is 72.8 Å². The van der Waals surface area contributed by atoms with E-state index in [-0.39, 0.29) is 18.6 Å². The van der Waals surface area contributed by atoms with Crippen molar-refractivity contribution in [3.63, 3.8) is 0 Å². The normalized spacial score (nSPS) is 19.0. The van der Waals surface area contributed by atoms with E-state index in [1.54, 1.807) is 26.0 Å². The number of hydroxylamine groups is 1. The summed E-state index contributed by atoms with van der Waals surface area (Å²) in [6.45, 7) is 10.1. The topological polar surface area (TPSA) is 74.3 Å². The predicted octanol–water partition coefficient (Wildman–Crippen LogP) is 5.93. The van der Waals surface area contributed by atoms with Crippen LogP contribution < -0.4 is 9.80 Å². The average molecular weight is 532 g/mol. The maximum absolute atomic E-state index is 13.5. The molecule has 1 aliphatic heterocycles. The molecule has 1 fully saturated rings. The highest BCUT2D eigenvalue weighted by Crippen LogP contribution is 2.47. The molecule has 3 aromatic carbocycles. The largest absolute Gasteiger partial charge is 0.496 e. The van der Waals surface area contributed by atoms with Crippen molar-refractivity contribution >= 4 is 17.6 Å². The van der Waals surface area contributed by atoms with Crippen molar-refractivity contribution in [2.24, 2.45) is 5.92 Å². The molecule has 3 aromatic rings. The van der Waals surface area contributed by atoms with Crippen molar-refractivity contribution in [3.05, 3.63) is 95.1 Å². The summed E-state index contributed by atoms with van der Waals surface area (Å²) in [6, 6.07) is 23.2. The third-order valence-electron chi connectivity index (χ3n) is 7.28. The highest BCUT2D eigenvalue weighted by atomic mass is 16.7. The number of hydrogen-bond donors (Lipinski definition) is 0. The molecular formula is C32H37NO6. The van der Waals surface area contributed by atoms with Crippen LogP contribution in [0, 0.1) is 12.8 Å². The van der Waals surface area contributed by atoms with Crippen LogP contribution in [0.1, 0.15) is 56.0 Å². The Kier molecular flexibility index (Phi) is 8.60. The van der Waals surface area contributed by atoms with Gasteiger partial charge in [0.2, 0.25) is 0 Å². The number of aryl methyl sites for hydroxylation is 1. The Morgan fingerprint density at radius 2 is 1.51 bits per heavy atom. The number of anilines is 1. The molecule has 0 unspecified atom stereocenters. The van der Waals surface area contributed by atoms with Gasteiger partial charge in [0.15, 0.2) is 6.10 Å². The summed E-state index contributed by atoms with van der Waals surface area (Å²) in [5.74, 6) is -1.57. The number of esters is 2. The number of benzene rings is 3. The number of nitrogens with zero attached hydrogens (tertiary/aromatic N) is 1. The molecule has 1 saturated heterocycles. The first kappa shape index (κ1) is 28.2. The Morgan fingerprint density at radius 3 is 2.13 bits per heavy atom. The fraction of sp³-hybridized carbons (Fsp3) is 0.375. The monoisotopic (exact) mass is 531 g/mol. The summed E-state index contributed by atoms with van der Waals surface area (Å²) in [6.07, 6.45) is -1.19. The van der Waals surface area contributed by atoms with Crippen molar-refractivity contribution < 1.29 is 28.6 Å². The third-order valence-corrected chi connectivity index (χ3v) is 7.28. The lowest BCUT2D eigenvalue weighted by molar-refractivity contribution is -0.164. The van der Waals surface area contributed by atoms with Crippen molar-refractivity contribution in [1.29, 1.82) is 0 Å². The molecule has 206 valence electrons. The van der Waals surface area contributed by atoms with Crippen molar-refractivity contribution in [2.45, 2.75) is 52.2 Å².